The van der Waals surface area contributed by atoms with Crippen LogP contribution in [0.3, 0.4) is 0 Å². The molecular formula is C18H26N4O2. The van der Waals surface area contributed by atoms with E-state index in [9.17, 15) is 4.79 Å². The first-order chi connectivity index (χ1) is 11.7. The van der Waals surface area contributed by atoms with E-state index in [0.29, 0.717) is 23.8 Å². The fourth-order valence-corrected chi connectivity index (χ4v) is 3.26. The molecule has 0 aliphatic heterocycles. The molecule has 1 aliphatic rings. The summed E-state index contributed by atoms with van der Waals surface area (Å²) in [7, 11) is 0. The van der Waals surface area contributed by atoms with Crippen molar-refractivity contribution in [1.82, 2.24) is 0 Å². The number of nitrogens with two attached hydrogens (primary N) is 1. The monoisotopic (exact) mass is 330 g/mol. The van der Waals surface area contributed by atoms with Gasteiger partial charge in [-0.1, -0.05) is 43.8 Å². The lowest BCUT2D eigenvalue weighted by molar-refractivity contribution is 0.0994. The van der Waals surface area contributed by atoms with Crippen LogP contribution in [0.2, 0.25) is 0 Å². The first-order valence-electron chi connectivity index (χ1n) is 8.76. The largest absolute Gasteiger partial charge is 0.492 e. The smallest absolute Gasteiger partial charge is 0.252 e. The highest BCUT2D eigenvalue weighted by atomic mass is 16.5. The van der Waals surface area contributed by atoms with Gasteiger partial charge >= 0.3 is 0 Å². The van der Waals surface area contributed by atoms with Gasteiger partial charge in [-0.05, 0) is 48.4 Å². The maximum atomic E-state index is 11.8. The molecule has 6 nitrogen and oxygen atoms in total. The molecule has 1 aromatic carbocycles. The SMILES string of the molecule is CCCC(N=[N+]=[N-])c1ccc(OCC2CCCCC2)c(C(N)=O)c1. The zero-order valence-electron chi connectivity index (χ0n) is 14.3. The van der Waals surface area contributed by atoms with Crippen LogP contribution in [0.25, 0.3) is 10.4 Å². The van der Waals surface area contributed by atoms with Gasteiger partial charge in [-0.15, -0.1) is 0 Å². The minimum Gasteiger partial charge on any atom is -0.492 e. The van der Waals surface area contributed by atoms with E-state index < -0.39 is 5.91 Å². The quantitative estimate of drug-likeness (QED) is 0.416. The molecule has 2 rings (SSSR count). The number of hydrogen-bond acceptors (Lipinski definition) is 3. The number of nitrogens with zero attached hydrogens (tertiary/aromatic N) is 3. The molecule has 0 saturated heterocycles. The molecule has 6 heteroatoms. The third kappa shape index (κ3) is 4.90. The first kappa shape index (κ1) is 18.1. The molecule has 1 amide bonds. The summed E-state index contributed by atoms with van der Waals surface area (Å²) >= 11 is 0. The zero-order valence-corrected chi connectivity index (χ0v) is 14.3. The second-order valence-corrected chi connectivity index (χ2v) is 6.44. The van der Waals surface area contributed by atoms with Gasteiger partial charge in [-0.2, -0.15) is 0 Å². The van der Waals surface area contributed by atoms with E-state index in [1.807, 2.05) is 13.0 Å². The van der Waals surface area contributed by atoms with Crippen molar-refractivity contribution in [1.29, 1.82) is 0 Å². The molecular weight excluding hydrogens is 304 g/mol. The van der Waals surface area contributed by atoms with Crippen molar-refractivity contribution in [3.63, 3.8) is 0 Å². The number of amides is 1. The van der Waals surface area contributed by atoms with Crippen LogP contribution in [-0.4, -0.2) is 12.5 Å². The van der Waals surface area contributed by atoms with Crippen molar-refractivity contribution in [2.24, 2.45) is 16.8 Å². The highest BCUT2D eigenvalue weighted by Gasteiger charge is 2.18. The van der Waals surface area contributed by atoms with Crippen molar-refractivity contribution in [2.45, 2.75) is 57.9 Å². The highest BCUT2D eigenvalue weighted by Crippen LogP contribution is 2.30. The molecule has 130 valence electrons. The lowest BCUT2D eigenvalue weighted by Crippen LogP contribution is -2.18. The summed E-state index contributed by atoms with van der Waals surface area (Å²) in [6.07, 6.45) is 7.77. The predicted molar refractivity (Wildman–Crippen MR) is 93.8 cm³/mol. The minimum atomic E-state index is -0.522. The standard InChI is InChI=1S/C18H26N4O2/c1-2-6-16(21-22-20)14-9-10-17(15(11-14)18(19)23)24-12-13-7-4-3-5-8-13/h9-11,13,16H,2-8,12H2,1H3,(H2,19,23). The second kappa shape index (κ2) is 9.18. The van der Waals surface area contributed by atoms with Crippen LogP contribution in [0.4, 0.5) is 0 Å². The van der Waals surface area contributed by atoms with Gasteiger partial charge in [0.15, 0.2) is 0 Å². The van der Waals surface area contributed by atoms with Crippen LogP contribution >= 0.6 is 0 Å². The number of ether oxygens (including phenoxy) is 1. The number of carbonyl (C=O) groups excluding carboxylic acids is 1. The third-order valence-electron chi connectivity index (χ3n) is 4.61. The third-order valence-corrected chi connectivity index (χ3v) is 4.61. The van der Waals surface area contributed by atoms with Crippen molar-refractivity contribution in [2.75, 3.05) is 6.61 Å². The molecule has 2 N–H and O–H groups in total. The van der Waals surface area contributed by atoms with Crippen molar-refractivity contribution >= 4 is 5.91 Å². The lowest BCUT2D eigenvalue weighted by Gasteiger charge is -2.22. The molecule has 0 heterocycles. The van der Waals surface area contributed by atoms with Crippen molar-refractivity contribution in [3.8, 4) is 5.75 Å². The van der Waals surface area contributed by atoms with Crippen LogP contribution in [0.5, 0.6) is 5.75 Å². The lowest BCUT2D eigenvalue weighted by atomic mass is 9.90. The Kier molecular flexibility index (Phi) is 6.94. The molecule has 24 heavy (non-hydrogen) atoms. The number of azide groups is 1. The first-order valence-corrected chi connectivity index (χ1v) is 8.76. The molecule has 1 atom stereocenters. The van der Waals surface area contributed by atoms with Crippen LogP contribution < -0.4 is 10.5 Å². The van der Waals surface area contributed by atoms with Crippen molar-refractivity contribution in [3.05, 3.63) is 39.8 Å². The van der Waals surface area contributed by atoms with Crippen LogP contribution in [-0.2, 0) is 0 Å². The molecule has 1 unspecified atom stereocenters. The zero-order chi connectivity index (χ0) is 17.4. The van der Waals surface area contributed by atoms with E-state index in [1.54, 1.807) is 12.1 Å². The van der Waals surface area contributed by atoms with Gasteiger partial charge in [0.05, 0.1) is 18.2 Å². The average molecular weight is 330 g/mol. The normalized spacial score (nSPS) is 16.2. The second-order valence-electron chi connectivity index (χ2n) is 6.44. The molecule has 1 fully saturated rings. The summed E-state index contributed by atoms with van der Waals surface area (Å²) in [4.78, 5) is 14.7. The number of hydrogen-bond donors (Lipinski definition) is 1. The van der Waals surface area contributed by atoms with Gasteiger partial charge in [-0.25, -0.2) is 0 Å². The van der Waals surface area contributed by atoms with Crippen LogP contribution in [0.1, 0.15) is 73.8 Å². The van der Waals surface area contributed by atoms with Gasteiger partial charge in [0, 0.05) is 4.91 Å². The number of benzene rings is 1. The Morgan fingerprint density at radius 1 is 1.42 bits per heavy atom. The molecule has 1 aliphatic carbocycles. The Morgan fingerprint density at radius 2 is 2.17 bits per heavy atom. The molecule has 0 spiro atoms. The Morgan fingerprint density at radius 3 is 2.79 bits per heavy atom. The van der Waals surface area contributed by atoms with E-state index in [0.717, 1.165) is 18.4 Å². The number of rotatable bonds is 8. The van der Waals surface area contributed by atoms with E-state index in [-0.39, 0.29) is 6.04 Å². The fourth-order valence-electron chi connectivity index (χ4n) is 3.26. The molecule has 1 aromatic rings. The Bertz CT molecular complexity index is 605. The Hall–Kier alpha value is -2.20. The summed E-state index contributed by atoms with van der Waals surface area (Å²) in [5.74, 6) is 0.551. The van der Waals surface area contributed by atoms with E-state index in [4.69, 9.17) is 16.0 Å². The summed E-state index contributed by atoms with van der Waals surface area (Å²) in [5, 5.41) is 3.82. The molecule has 0 aromatic heterocycles. The fraction of sp³-hybridized carbons (Fsp3) is 0.611. The topological polar surface area (TPSA) is 101 Å². The van der Waals surface area contributed by atoms with Gasteiger partial charge in [0.2, 0.25) is 0 Å². The van der Waals surface area contributed by atoms with Gasteiger partial charge in [0.25, 0.3) is 5.91 Å². The van der Waals surface area contributed by atoms with Crippen LogP contribution in [0, 0.1) is 5.92 Å². The van der Waals surface area contributed by atoms with E-state index >= 15 is 0 Å². The summed E-state index contributed by atoms with van der Waals surface area (Å²) < 4.78 is 5.89. The maximum Gasteiger partial charge on any atom is 0.252 e. The molecule has 1 saturated carbocycles. The van der Waals surface area contributed by atoms with E-state index in [2.05, 4.69) is 10.0 Å². The molecule has 0 radical (unpaired) electrons. The summed E-state index contributed by atoms with van der Waals surface area (Å²) in [6, 6.07) is 5.05. The minimum absolute atomic E-state index is 0.287. The summed E-state index contributed by atoms with van der Waals surface area (Å²) in [5.41, 5.74) is 15.4. The van der Waals surface area contributed by atoms with Crippen LogP contribution in [0.15, 0.2) is 23.3 Å². The van der Waals surface area contributed by atoms with Gasteiger partial charge in [0.1, 0.15) is 5.75 Å². The van der Waals surface area contributed by atoms with Crippen molar-refractivity contribution < 1.29 is 9.53 Å². The summed E-state index contributed by atoms with van der Waals surface area (Å²) in [6.45, 7) is 2.64. The highest BCUT2D eigenvalue weighted by molar-refractivity contribution is 5.95. The number of carbonyl (C=O) groups is 1. The number of primary amides is 1. The predicted octanol–water partition coefficient (Wildman–Crippen LogP) is 4.90. The van der Waals surface area contributed by atoms with Gasteiger partial charge < -0.3 is 10.5 Å². The Labute approximate surface area is 143 Å². The van der Waals surface area contributed by atoms with E-state index in [1.165, 1.54) is 32.1 Å². The average Bonchev–Trinajstić information content (AvgIpc) is 2.60. The Balaban J connectivity index is 2.16. The maximum absolute atomic E-state index is 11.8. The molecule has 0 bridgehead atoms. The van der Waals surface area contributed by atoms with Gasteiger partial charge in [-0.3, -0.25) is 4.79 Å².